The van der Waals surface area contributed by atoms with Crippen molar-refractivity contribution in [3.05, 3.63) is 209 Å². The van der Waals surface area contributed by atoms with Gasteiger partial charge in [0.2, 0.25) is 0 Å². The summed E-state index contributed by atoms with van der Waals surface area (Å²) in [7, 11) is 0. The molecule has 0 aliphatic heterocycles. The van der Waals surface area contributed by atoms with Gasteiger partial charge >= 0.3 is 0 Å². The van der Waals surface area contributed by atoms with Gasteiger partial charge in [-0.25, -0.2) is 0 Å². The Morgan fingerprint density at radius 3 is 1.42 bits per heavy atom. The molecule has 1 aliphatic rings. The van der Waals surface area contributed by atoms with E-state index in [1.54, 1.807) is 0 Å². The molecule has 2 unspecified atom stereocenters. The highest BCUT2D eigenvalue weighted by Gasteiger charge is 2.26. The molecule has 0 saturated carbocycles. The number of hydrogen-bond acceptors (Lipinski definition) is 0. The van der Waals surface area contributed by atoms with E-state index in [2.05, 4.69) is 176 Å². The predicted molar refractivity (Wildman–Crippen MR) is 183 cm³/mol. The van der Waals surface area contributed by atoms with Crippen LogP contribution < -0.4 is 0 Å². The van der Waals surface area contributed by atoms with Crippen LogP contribution in [0.1, 0.15) is 71.3 Å². The minimum atomic E-state index is 0.322. The number of rotatable bonds is 11. The van der Waals surface area contributed by atoms with Crippen LogP contribution in [0.4, 0.5) is 0 Å². The number of benzene rings is 5. The Morgan fingerprint density at radius 1 is 0.465 bits per heavy atom. The first-order chi connectivity index (χ1) is 21.3. The molecule has 1 aliphatic carbocycles. The van der Waals surface area contributed by atoms with E-state index in [4.69, 9.17) is 0 Å². The molecule has 0 saturated heterocycles. The average molecular weight is 557 g/mol. The molecule has 0 amide bonds. The van der Waals surface area contributed by atoms with E-state index < -0.39 is 0 Å². The highest BCUT2D eigenvalue weighted by Crippen LogP contribution is 2.43. The minimum absolute atomic E-state index is 0.322. The Morgan fingerprint density at radius 2 is 0.930 bits per heavy atom. The van der Waals surface area contributed by atoms with E-state index in [-0.39, 0.29) is 0 Å². The molecule has 2 atom stereocenters. The smallest absolute Gasteiger partial charge is 0.00951 e. The van der Waals surface area contributed by atoms with E-state index in [1.165, 1.54) is 39.0 Å². The fraction of sp³-hybridized carbons (Fsp3) is 0.163. The summed E-state index contributed by atoms with van der Waals surface area (Å²) in [6.45, 7) is 0. The van der Waals surface area contributed by atoms with Crippen molar-refractivity contribution in [3.63, 3.8) is 0 Å². The van der Waals surface area contributed by atoms with Gasteiger partial charge in [0.1, 0.15) is 0 Å². The summed E-state index contributed by atoms with van der Waals surface area (Å²) in [4.78, 5) is 0. The third-order valence-electron chi connectivity index (χ3n) is 8.88. The molecule has 5 aromatic rings. The van der Waals surface area contributed by atoms with Crippen LogP contribution in [0, 0.1) is 0 Å². The van der Waals surface area contributed by atoms with E-state index in [1.807, 2.05) is 0 Å². The molecule has 0 bridgehead atoms. The van der Waals surface area contributed by atoms with E-state index >= 15 is 0 Å². The van der Waals surface area contributed by atoms with Gasteiger partial charge in [-0.05, 0) is 76.5 Å². The summed E-state index contributed by atoms with van der Waals surface area (Å²) in [5.74, 6) is 1.09. The predicted octanol–water partition coefficient (Wildman–Crippen LogP) is 11.5. The Kier molecular flexibility index (Phi) is 9.57. The van der Waals surface area contributed by atoms with E-state index in [0.717, 1.165) is 25.7 Å². The van der Waals surface area contributed by atoms with Crippen LogP contribution in [0.5, 0.6) is 0 Å². The van der Waals surface area contributed by atoms with Crippen molar-refractivity contribution in [2.75, 3.05) is 0 Å². The fourth-order valence-electron chi connectivity index (χ4n) is 6.68. The maximum absolute atomic E-state index is 2.34. The highest BCUT2D eigenvalue weighted by molar-refractivity contribution is 5.72. The van der Waals surface area contributed by atoms with Gasteiger partial charge in [-0.3, -0.25) is 0 Å². The zero-order valence-corrected chi connectivity index (χ0v) is 24.8. The SMILES string of the molecule is C1=CCC(=C(CC(CC(CC(c2ccccc2)c2ccccc2)c2ccccc2)c2ccccc2)c2ccccc2)C=C1. The van der Waals surface area contributed by atoms with Crippen molar-refractivity contribution in [2.45, 2.75) is 43.4 Å². The Hall–Kier alpha value is -4.68. The minimum Gasteiger partial charge on any atom is -0.0801 e. The van der Waals surface area contributed by atoms with Crippen LogP contribution in [-0.2, 0) is 0 Å². The van der Waals surface area contributed by atoms with Gasteiger partial charge in [0.25, 0.3) is 0 Å². The van der Waals surface area contributed by atoms with Crippen LogP contribution in [0.3, 0.4) is 0 Å². The molecule has 0 heteroatoms. The molecular formula is C43H40. The second-order valence-corrected chi connectivity index (χ2v) is 11.6. The quantitative estimate of drug-likeness (QED) is 0.152. The van der Waals surface area contributed by atoms with Gasteiger partial charge < -0.3 is 0 Å². The Labute approximate surface area is 257 Å². The molecule has 0 nitrogen and oxygen atoms in total. The largest absolute Gasteiger partial charge is 0.0801 e. The maximum Gasteiger partial charge on any atom is 0.00951 e. The summed E-state index contributed by atoms with van der Waals surface area (Å²) in [6, 6.07) is 55.7. The van der Waals surface area contributed by atoms with Gasteiger partial charge in [0.15, 0.2) is 0 Å². The standard InChI is InChI=1S/C43H40/c1-7-19-34(20-8-1)40(32-42(36-23-11-3-12-24-36)37-25-13-4-14-26-37)31-41(35-21-9-2-10-22-35)33-43(38-27-15-5-16-28-38)39-29-17-6-18-30-39/h1-29,40-42H,30-33H2. The zero-order valence-electron chi connectivity index (χ0n) is 24.8. The lowest BCUT2D eigenvalue weighted by atomic mass is 9.74. The summed E-state index contributed by atoms with van der Waals surface area (Å²) >= 11 is 0. The third kappa shape index (κ3) is 7.40. The van der Waals surface area contributed by atoms with Crippen molar-refractivity contribution in [3.8, 4) is 0 Å². The van der Waals surface area contributed by atoms with Crippen LogP contribution in [0.2, 0.25) is 0 Å². The molecule has 0 radical (unpaired) electrons. The number of allylic oxidation sites excluding steroid dienone is 6. The number of hydrogen-bond donors (Lipinski definition) is 0. The van der Waals surface area contributed by atoms with Crippen molar-refractivity contribution in [1.29, 1.82) is 0 Å². The van der Waals surface area contributed by atoms with Crippen molar-refractivity contribution >= 4 is 5.57 Å². The van der Waals surface area contributed by atoms with Crippen molar-refractivity contribution in [1.82, 2.24) is 0 Å². The van der Waals surface area contributed by atoms with Gasteiger partial charge in [-0.1, -0.05) is 176 Å². The van der Waals surface area contributed by atoms with E-state index in [9.17, 15) is 0 Å². The Balaban J connectivity index is 1.41. The molecule has 0 fully saturated rings. The van der Waals surface area contributed by atoms with Crippen molar-refractivity contribution in [2.24, 2.45) is 0 Å². The Bertz CT molecular complexity index is 1590. The monoisotopic (exact) mass is 556 g/mol. The average Bonchev–Trinajstić information content (AvgIpc) is 3.10. The van der Waals surface area contributed by atoms with Crippen LogP contribution in [0.15, 0.2) is 182 Å². The molecule has 0 spiro atoms. The van der Waals surface area contributed by atoms with E-state index in [0.29, 0.717) is 17.8 Å². The summed E-state index contributed by atoms with van der Waals surface area (Å²) in [5, 5.41) is 0. The van der Waals surface area contributed by atoms with Crippen molar-refractivity contribution < 1.29 is 0 Å². The van der Waals surface area contributed by atoms with Gasteiger partial charge in [-0.2, -0.15) is 0 Å². The van der Waals surface area contributed by atoms with Gasteiger partial charge in [0, 0.05) is 5.92 Å². The first-order valence-electron chi connectivity index (χ1n) is 15.7. The summed E-state index contributed by atoms with van der Waals surface area (Å²) in [5.41, 5.74) is 9.84. The second kappa shape index (κ2) is 14.5. The fourth-order valence-corrected chi connectivity index (χ4v) is 6.68. The lowest BCUT2D eigenvalue weighted by Crippen LogP contribution is -2.13. The molecule has 0 heterocycles. The normalized spacial score (nSPS) is 15.3. The molecular weight excluding hydrogens is 516 g/mol. The molecule has 212 valence electrons. The van der Waals surface area contributed by atoms with Crippen LogP contribution in [0.25, 0.3) is 5.57 Å². The van der Waals surface area contributed by atoms with Crippen LogP contribution in [-0.4, -0.2) is 0 Å². The lowest BCUT2D eigenvalue weighted by Gasteiger charge is -2.30. The molecule has 0 N–H and O–H groups in total. The van der Waals surface area contributed by atoms with Crippen LogP contribution >= 0.6 is 0 Å². The highest BCUT2D eigenvalue weighted by atomic mass is 14.3. The molecule has 6 rings (SSSR count). The molecule has 0 aromatic heterocycles. The van der Waals surface area contributed by atoms with Gasteiger partial charge in [-0.15, -0.1) is 0 Å². The third-order valence-corrected chi connectivity index (χ3v) is 8.88. The first-order valence-corrected chi connectivity index (χ1v) is 15.7. The van der Waals surface area contributed by atoms with Gasteiger partial charge in [0.05, 0.1) is 0 Å². The molecule has 5 aromatic carbocycles. The first kappa shape index (κ1) is 28.4. The summed E-state index contributed by atoms with van der Waals surface area (Å²) < 4.78 is 0. The zero-order chi connectivity index (χ0) is 29.1. The lowest BCUT2D eigenvalue weighted by molar-refractivity contribution is 0.487. The topological polar surface area (TPSA) is 0 Å². The summed E-state index contributed by atoms with van der Waals surface area (Å²) in [6.07, 6.45) is 13.1. The second-order valence-electron chi connectivity index (χ2n) is 11.6. The molecule has 43 heavy (non-hydrogen) atoms. The maximum atomic E-state index is 2.34.